The minimum atomic E-state index is -1.33. The van der Waals surface area contributed by atoms with E-state index in [2.05, 4.69) is 0 Å². The number of rotatable bonds is 5. The number of carboxylic acid groups (broad SMARTS) is 1. The molecule has 0 amide bonds. The van der Waals surface area contributed by atoms with Crippen molar-refractivity contribution in [3.63, 3.8) is 0 Å². The first kappa shape index (κ1) is 13.5. The van der Waals surface area contributed by atoms with Crippen LogP contribution >= 0.6 is 0 Å². The molecule has 0 aliphatic carbocycles. The number of aliphatic hydroxyl groups is 2. The fourth-order valence-corrected chi connectivity index (χ4v) is 1.58. The van der Waals surface area contributed by atoms with Crippen LogP contribution in [0.4, 0.5) is 0 Å². The van der Waals surface area contributed by atoms with Gasteiger partial charge in [0.1, 0.15) is 11.9 Å². The van der Waals surface area contributed by atoms with E-state index >= 15 is 0 Å². The minimum absolute atomic E-state index is 0.440. The maximum absolute atomic E-state index is 10.4. The summed E-state index contributed by atoms with van der Waals surface area (Å²) in [6.07, 6.45) is -3.07. The Morgan fingerprint density at radius 2 is 2.00 bits per heavy atom. The highest BCUT2D eigenvalue weighted by Crippen LogP contribution is 2.24. The molecule has 0 fully saturated rings. The van der Waals surface area contributed by atoms with Crippen molar-refractivity contribution in [3.05, 3.63) is 29.3 Å². The number of methoxy groups -OCH3 is 1. The second kappa shape index (κ2) is 5.65. The smallest absolute Gasteiger partial charge is 0.306 e. The molecule has 1 rings (SSSR count). The first-order valence-corrected chi connectivity index (χ1v) is 5.17. The summed E-state index contributed by atoms with van der Waals surface area (Å²) in [5, 5.41) is 27.9. The molecular formula is C12H16O5. The topological polar surface area (TPSA) is 87.0 Å². The number of carboxylic acids is 1. The van der Waals surface area contributed by atoms with Crippen LogP contribution in [0.3, 0.4) is 0 Å². The molecule has 0 aliphatic heterocycles. The van der Waals surface area contributed by atoms with Crippen LogP contribution in [0.15, 0.2) is 18.2 Å². The van der Waals surface area contributed by atoms with Gasteiger partial charge in [-0.15, -0.1) is 0 Å². The van der Waals surface area contributed by atoms with Gasteiger partial charge in [-0.1, -0.05) is 6.07 Å². The largest absolute Gasteiger partial charge is 0.497 e. The van der Waals surface area contributed by atoms with Crippen LogP contribution in [0, 0.1) is 6.92 Å². The SMILES string of the molecule is COc1cc(C)cc(C(O)C(O)CC(=O)O)c1. The van der Waals surface area contributed by atoms with Crippen LogP contribution in [-0.2, 0) is 4.79 Å². The van der Waals surface area contributed by atoms with Gasteiger partial charge in [-0.25, -0.2) is 0 Å². The van der Waals surface area contributed by atoms with E-state index in [0.29, 0.717) is 11.3 Å². The highest BCUT2D eigenvalue weighted by atomic mass is 16.5. The highest BCUT2D eigenvalue weighted by molar-refractivity contribution is 5.67. The number of carbonyl (C=O) groups is 1. The van der Waals surface area contributed by atoms with Crippen LogP contribution in [-0.4, -0.2) is 34.5 Å². The molecule has 2 unspecified atom stereocenters. The van der Waals surface area contributed by atoms with Gasteiger partial charge >= 0.3 is 5.97 Å². The molecule has 5 heteroatoms. The van der Waals surface area contributed by atoms with Gasteiger partial charge in [0.05, 0.1) is 19.6 Å². The third kappa shape index (κ3) is 3.72. The zero-order valence-electron chi connectivity index (χ0n) is 9.75. The Balaban J connectivity index is 2.91. The lowest BCUT2D eigenvalue weighted by atomic mass is 10.00. The molecule has 0 bridgehead atoms. The number of aliphatic hydroxyl groups excluding tert-OH is 2. The highest BCUT2D eigenvalue weighted by Gasteiger charge is 2.21. The number of benzene rings is 1. The summed E-state index contributed by atoms with van der Waals surface area (Å²) in [6, 6.07) is 5.03. The Morgan fingerprint density at radius 3 is 2.53 bits per heavy atom. The molecule has 0 saturated heterocycles. The second-order valence-corrected chi connectivity index (χ2v) is 3.89. The van der Waals surface area contributed by atoms with E-state index in [-0.39, 0.29) is 0 Å². The van der Waals surface area contributed by atoms with Gasteiger partial charge in [0.15, 0.2) is 0 Å². The summed E-state index contributed by atoms with van der Waals surface area (Å²) in [4.78, 5) is 10.4. The van der Waals surface area contributed by atoms with Gasteiger partial charge in [-0.2, -0.15) is 0 Å². The van der Waals surface area contributed by atoms with E-state index in [0.717, 1.165) is 5.56 Å². The number of hydrogen-bond acceptors (Lipinski definition) is 4. The Bertz CT molecular complexity index is 402. The zero-order valence-corrected chi connectivity index (χ0v) is 9.75. The summed E-state index contributed by atoms with van der Waals surface area (Å²) in [7, 11) is 1.50. The van der Waals surface area contributed by atoms with Crippen molar-refractivity contribution >= 4 is 5.97 Å². The van der Waals surface area contributed by atoms with Crippen molar-refractivity contribution in [1.82, 2.24) is 0 Å². The molecular weight excluding hydrogens is 224 g/mol. The molecule has 5 nitrogen and oxygen atoms in total. The van der Waals surface area contributed by atoms with Crippen molar-refractivity contribution in [2.45, 2.75) is 25.6 Å². The number of aliphatic carboxylic acids is 1. The number of aryl methyl sites for hydroxylation is 1. The summed E-state index contributed by atoms with van der Waals surface area (Å²) >= 11 is 0. The number of ether oxygens (including phenoxy) is 1. The fourth-order valence-electron chi connectivity index (χ4n) is 1.58. The first-order chi connectivity index (χ1) is 7.93. The van der Waals surface area contributed by atoms with E-state index in [1.165, 1.54) is 7.11 Å². The molecule has 0 heterocycles. The predicted octanol–water partition coefficient (Wildman–Crippen LogP) is 0.873. The van der Waals surface area contributed by atoms with E-state index in [1.54, 1.807) is 18.2 Å². The van der Waals surface area contributed by atoms with E-state index < -0.39 is 24.6 Å². The van der Waals surface area contributed by atoms with Crippen molar-refractivity contribution in [1.29, 1.82) is 0 Å². The van der Waals surface area contributed by atoms with E-state index in [4.69, 9.17) is 9.84 Å². The molecule has 0 spiro atoms. The molecule has 94 valence electrons. The van der Waals surface area contributed by atoms with Crippen molar-refractivity contribution in [2.75, 3.05) is 7.11 Å². The summed E-state index contributed by atoms with van der Waals surface area (Å²) in [5.41, 5.74) is 1.30. The molecule has 1 aromatic rings. The predicted molar refractivity (Wildman–Crippen MR) is 61.0 cm³/mol. The van der Waals surface area contributed by atoms with Gasteiger partial charge < -0.3 is 20.1 Å². The van der Waals surface area contributed by atoms with Gasteiger partial charge in [-0.05, 0) is 30.2 Å². The van der Waals surface area contributed by atoms with Crippen molar-refractivity contribution < 1.29 is 24.9 Å². The van der Waals surface area contributed by atoms with Crippen molar-refractivity contribution in [2.24, 2.45) is 0 Å². The monoisotopic (exact) mass is 240 g/mol. The zero-order chi connectivity index (χ0) is 13.0. The number of hydrogen-bond donors (Lipinski definition) is 3. The Kier molecular flexibility index (Phi) is 4.48. The summed E-state index contributed by atoms with van der Waals surface area (Å²) in [5.74, 6) is -0.599. The van der Waals surface area contributed by atoms with Crippen LogP contribution in [0.5, 0.6) is 5.75 Å². The van der Waals surface area contributed by atoms with Crippen LogP contribution in [0.1, 0.15) is 23.7 Å². The lowest BCUT2D eigenvalue weighted by Crippen LogP contribution is -2.21. The summed E-state index contributed by atoms with van der Waals surface area (Å²) in [6.45, 7) is 1.82. The van der Waals surface area contributed by atoms with Crippen molar-refractivity contribution in [3.8, 4) is 5.75 Å². The standard InChI is InChI=1S/C12H16O5/c1-7-3-8(5-9(4-7)17-2)12(16)10(13)6-11(14)15/h3-5,10,12-13,16H,6H2,1-2H3,(H,14,15). The molecule has 0 aromatic heterocycles. The van der Waals surface area contributed by atoms with Crippen LogP contribution in [0.25, 0.3) is 0 Å². The molecule has 0 aliphatic rings. The van der Waals surface area contributed by atoms with Gasteiger partial charge in [0.25, 0.3) is 0 Å². The first-order valence-electron chi connectivity index (χ1n) is 5.17. The molecule has 3 N–H and O–H groups in total. The Morgan fingerprint density at radius 1 is 1.35 bits per heavy atom. The lowest BCUT2D eigenvalue weighted by molar-refractivity contribution is -0.141. The molecule has 0 saturated carbocycles. The lowest BCUT2D eigenvalue weighted by Gasteiger charge is -2.17. The van der Waals surface area contributed by atoms with Gasteiger partial charge in [0, 0.05) is 0 Å². The third-order valence-corrected chi connectivity index (χ3v) is 2.40. The molecule has 0 radical (unpaired) electrons. The van der Waals surface area contributed by atoms with Crippen LogP contribution < -0.4 is 4.74 Å². The molecule has 1 aromatic carbocycles. The normalized spacial score (nSPS) is 14.1. The molecule has 17 heavy (non-hydrogen) atoms. The van der Waals surface area contributed by atoms with E-state index in [9.17, 15) is 15.0 Å². The average Bonchev–Trinajstić information content (AvgIpc) is 2.26. The maximum atomic E-state index is 10.4. The van der Waals surface area contributed by atoms with Gasteiger partial charge in [0.2, 0.25) is 0 Å². The Labute approximate surface area is 99.3 Å². The Hall–Kier alpha value is -1.59. The average molecular weight is 240 g/mol. The van der Waals surface area contributed by atoms with Gasteiger partial charge in [-0.3, -0.25) is 4.79 Å². The molecule has 2 atom stereocenters. The van der Waals surface area contributed by atoms with Crippen LogP contribution in [0.2, 0.25) is 0 Å². The maximum Gasteiger partial charge on any atom is 0.306 e. The third-order valence-electron chi connectivity index (χ3n) is 2.40. The van der Waals surface area contributed by atoms with E-state index in [1.807, 2.05) is 6.92 Å². The minimum Gasteiger partial charge on any atom is -0.497 e. The summed E-state index contributed by atoms with van der Waals surface area (Å²) < 4.78 is 5.04. The fraction of sp³-hybridized carbons (Fsp3) is 0.417. The quantitative estimate of drug-likeness (QED) is 0.711. The second-order valence-electron chi connectivity index (χ2n) is 3.89.